The van der Waals surface area contributed by atoms with E-state index >= 15 is 0 Å². The smallest absolute Gasteiger partial charge is 0.261 e. The molecule has 0 aliphatic rings. The molecule has 5 aromatic rings. The van der Waals surface area contributed by atoms with Crippen LogP contribution in [0.2, 0.25) is 0 Å². The van der Waals surface area contributed by atoms with Gasteiger partial charge in [-0.15, -0.1) is 0 Å². The molecule has 2 heterocycles. The first-order chi connectivity index (χ1) is 18.6. The second-order valence-electron chi connectivity index (χ2n) is 9.13. The van der Waals surface area contributed by atoms with Crippen molar-refractivity contribution in [2.45, 2.75) is 26.5 Å². The van der Waals surface area contributed by atoms with Crippen LogP contribution in [0.3, 0.4) is 0 Å². The van der Waals surface area contributed by atoms with Crippen LogP contribution in [-0.4, -0.2) is 21.6 Å². The Balaban J connectivity index is 1.47. The van der Waals surface area contributed by atoms with E-state index in [1.54, 1.807) is 30.0 Å². The molecule has 2 aromatic heterocycles. The fraction of sp³-hybridized carbons (Fsp3) is 0.156. The second-order valence-corrected chi connectivity index (χ2v) is 9.13. The Bertz CT molecular complexity index is 1640. The van der Waals surface area contributed by atoms with Crippen molar-refractivity contribution in [2.24, 2.45) is 0 Å². The van der Waals surface area contributed by atoms with Crippen molar-refractivity contribution in [2.75, 3.05) is 7.11 Å². The predicted molar refractivity (Wildman–Crippen MR) is 151 cm³/mol. The molecule has 0 N–H and O–H groups in total. The van der Waals surface area contributed by atoms with E-state index in [2.05, 4.69) is 35.8 Å². The summed E-state index contributed by atoms with van der Waals surface area (Å²) in [6.45, 7) is 6.25. The standard InChI is InChI=1S/C32H29N3O3/c1-4-28-31-27(16-17-33-28)32(36)35(20-25-13-10-22(2)18-29(25)37-3)30(34-31)21-38-26-14-11-24(12-15-26)19-23-8-6-5-7-9-23/h4-18H,1,19-21H2,2-3H3. The topological polar surface area (TPSA) is 66.2 Å². The minimum atomic E-state index is -0.167. The van der Waals surface area contributed by atoms with E-state index in [-0.39, 0.29) is 12.2 Å². The zero-order chi connectivity index (χ0) is 26.5. The Morgan fingerprint density at radius 2 is 1.74 bits per heavy atom. The Kier molecular flexibility index (Phi) is 7.31. The average Bonchev–Trinajstić information content (AvgIpc) is 2.95. The van der Waals surface area contributed by atoms with Gasteiger partial charge < -0.3 is 9.47 Å². The van der Waals surface area contributed by atoms with E-state index in [0.717, 1.165) is 23.3 Å². The third-order valence-electron chi connectivity index (χ3n) is 6.49. The highest BCUT2D eigenvalue weighted by atomic mass is 16.5. The normalized spacial score (nSPS) is 10.9. The highest BCUT2D eigenvalue weighted by Crippen LogP contribution is 2.23. The number of benzene rings is 3. The molecule has 0 radical (unpaired) electrons. The minimum Gasteiger partial charge on any atom is -0.496 e. The van der Waals surface area contributed by atoms with Gasteiger partial charge in [0.05, 0.1) is 24.7 Å². The fourth-order valence-corrected chi connectivity index (χ4v) is 4.47. The number of rotatable bonds is 9. The van der Waals surface area contributed by atoms with Crippen LogP contribution in [0.25, 0.3) is 17.0 Å². The first-order valence-electron chi connectivity index (χ1n) is 12.5. The SMILES string of the molecule is C=Cc1nccc2c(=O)n(Cc3ccc(C)cc3OC)c(COc3ccc(Cc4ccccc4)cc3)nc12. The number of hydrogen-bond donors (Lipinski definition) is 0. The molecule has 0 saturated carbocycles. The molecule has 0 atom stereocenters. The van der Waals surface area contributed by atoms with Crippen molar-refractivity contribution in [3.05, 3.63) is 136 Å². The molecule has 0 bridgehead atoms. The largest absolute Gasteiger partial charge is 0.496 e. The molecule has 6 heteroatoms. The number of hydrogen-bond acceptors (Lipinski definition) is 5. The lowest BCUT2D eigenvalue weighted by atomic mass is 10.1. The molecule has 0 aliphatic heterocycles. The third kappa shape index (κ3) is 5.34. The van der Waals surface area contributed by atoms with Crippen molar-refractivity contribution in [3.8, 4) is 11.5 Å². The number of pyridine rings is 1. The van der Waals surface area contributed by atoms with E-state index < -0.39 is 0 Å². The molecular weight excluding hydrogens is 474 g/mol. The number of aromatic nitrogens is 3. The summed E-state index contributed by atoms with van der Waals surface area (Å²) in [5, 5.41) is 0.481. The summed E-state index contributed by atoms with van der Waals surface area (Å²) in [6, 6.07) is 26.0. The molecule has 38 heavy (non-hydrogen) atoms. The summed E-state index contributed by atoms with van der Waals surface area (Å²) in [5.74, 6) is 1.92. The van der Waals surface area contributed by atoms with Crippen LogP contribution in [-0.2, 0) is 19.6 Å². The maximum absolute atomic E-state index is 13.7. The van der Waals surface area contributed by atoms with Gasteiger partial charge in [-0.3, -0.25) is 14.3 Å². The Labute approximate surface area is 221 Å². The van der Waals surface area contributed by atoms with Gasteiger partial charge >= 0.3 is 0 Å². The summed E-state index contributed by atoms with van der Waals surface area (Å²) < 4.78 is 13.4. The molecule has 0 aliphatic carbocycles. The summed E-state index contributed by atoms with van der Waals surface area (Å²) in [4.78, 5) is 22.8. The van der Waals surface area contributed by atoms with Crippen molar-refractivity contribution in [1.29, 1.82) is 0 Å². The van der Waals surface area contributed by atoms with Crippen LogP contribution in [0, 0.1) is 6.92 Å². The molecular formula is C32H29N3O3. The first-order valence-corrected chi connectivity index (χ1v) is 12.5. The summed E-state index contributed by atoms with van der Waals surface area (Å²) >= 11 is 0. The first kappa shape index (κ1) is 25.0. The summed E-state index contributed by atoms with van der Waals surface area (Å²) in [7, 11) is 1.63. The second kappa shape index (κ2) is 11.1. The van der Waals surface area contributed by atoms with Gasteiger partial charge in [-0.1, -0.05) is 61.2 Å². The van der Waals surface area contributed by atoms with Crippen molar-refractivity contribution < 1.29 is 9.47 Å². The van der Waals surface area contributed by atoms with Crippen molar-refractivity contribution in [3.63, 3.8) is 0 Å². The maximum atomic E-state index is 13.7. The molecule has 0 fully saturated rings. The summed E-state index contributed by atoms with van der Waals surface area (Å²) in [6.07, 6.45) is 4.06. The number of methoxy groups -OCH3 is 1. The monoisotopic (exact) mass is 503 g/mol. The van der Waals surface area contributed by atoms with E-state index in [9.17, 15) is 4.79 Å². The number of fused-ring (bicyclic) bond motifs is 1. The van der Waals surface area contributed by atoms with E-state index in [4.69, 9.17) is 14.5 Å². The van der Waals surface area contributed by atoms with Gasteiger partial charge in [0.15, 0.2) is 5.82 Å². The maximum Gasteiger partial charge on any atom is 0.261 e. The van der Waals surface area contributed by atoms with Crippen LogP contribution in [0.15, 0.2) is 96.4 Å². The molecule has 5 rings (SSSR count). The van der Waals surface area contributed by atoms with Crippen LogP contribution in [0.1, 0.15) is 33.8 Å². The molecule has 0 unspecified atom stereocenters. The molecule has 3 aromatic carbocycles. The van der Waals surface area contributed by atoms with E-state index in [1.165, 1.54) is 11.1 Å². The number of aryl methyl sites for hydroxylation is 1. The number of ether oxygens (including phenoxy) is 2. The Morgan fingerprint density at radius 3 is 2.47 bits per heavy atom. The van der Waals surface area contributed by atoms with Crippen LogP contribution in [0.5, 0.6) is 11.5 Å². The Morgan fingerprint density at radius 1 is 0.974 bits per heavy atom. The van der Waals surface area contributed by atoms with Crippen LogP contribution >= 0.6 is 0 Å². The molecule has 0 amide bonds. The van der Waals surface area contributed by atoms with Gasteiger partial charge in [-0.25, -0.2) is 4.98 Å². The third-order valence-corrected chi connectivity index (χ3v) is 6.49. The van der Waals surface area contributed by atoms with E-state index in [1.807, 2.05) is 55.5 Å². The highest BCUT2D eigenvalue weighted by molar-refractivity contribution is 5.84. The van der Waals surface area contributed by atoms with Gasteiger partial charge in [0.1, 0.15) is 23.6 Å². The van der Waals surface area contributed by atoms with Gasteiger partial charge in [-0.2, -0.15) is 0 Å². The van der Waals surface area contributed by atoms with Crippen molar-refractivity contribution >= 4 is 17.0 Å². The number of nitrogens with zero attached hydrogens (tertiary/aromatic N) is 3. The lowest BCUT2D eigenvalue weighted by molar-refractivity contribution is 0.288. The molecule has 190 valence electrons. The zero-order valence-electron chi connectivity index (χ0n) is 21.6. The molecule has 6 nitrogen and oxygen atoms in total. The molecule has 0 saturated heterocycles. The van der Waals surface area contributed by atoms with Crippen LogP contribution < -0.4 is 15.0 Å². The highest BCUT2D eigenvalue weighted by Gasteiger charge is 2.16. The lowest BCUT2D eigenvalue weighted by Crippen LogP contribution is -2.27. The molecule has 0 spiro atoms. The van der Waals surface area contributed by atoms with Gasteiger partial charge in [0.2, 0.25) is 0 Å². The Hall–Kier alpha value is -4.71. The van der Waals surface area contributed by atoms with Gasteiger partial charge in [-0.05, 0) is 60.4 Å². The quantitative estimate of drug-likeness (QED) is 0.248. The lowest BCUT2D eigenvalue weighted by Gasteiger charge is -2.17. The predicted octanol–water partition coefficient (Wildman–Crippen LogP) is 5.97. The van der Waals surface area contributed by atoms with Crippen molar-refractivity contribution in [1.82, 2.24) is 14.5 Å². The minimum absolute atomic E-state index is 0.114. The van der Waals surface area contributed by atoms with Crippen LogP contribution in [0.4, 0.5) is 0 Å². The zero-order valence-corrected chi connectivity index (χ0v) is 21.6. The fourth-order valence-electron chi connectivity index (χ4n) is 4.47. The van der Waals surface area contributed by atoms with E-state index in [0.29, 0.717) is 34.7 Å². The average molecular weight is 504 g/mol. The summed E-state index contributed by atoms with van der Waals surface area (Å²) in [5.41, 5.74) is 5.31. The van der Waals surface area contributed by atoms with Gasteiger partial charge in [0.25, 0.3) is 5.56 Å². The van der Waals surface area contributed by atoms with Gasteiger partial charge in [0, 0.05) is 11.8 Å².